The fourth-order valence-corrected chi connectivity index (χ4v) is 1.96. The van der Waals surface area contributed by atoms with Gasteiger partial charge in [-0.15, -0.1) is 5.92 Å². The summed E-state index contributed by atoms with van der Waals surface area (Å²) < 4.78 is 4.62. The molecule has 0 aromatic heterocycles. The number of rotatable bonds is 5. The van der Waals surface area contributed by atoms with E-state index in [0.717, 1.165) is 12.0 Å². The Balaban J connectivity index is 0. The van der Waals surface area contributed by atoms with Gasteiger partial charge in [0.1, 0.15) is 0 Å². The Kier molecular flexibility index (Phi) is 7.15. The number of hydrogen-bond acceptors (Lipinski definition) is 3. The number of ether oxygens (including phenoxy) is 1. The first-order valence-corrected chi connectivity index (χ1v) is 6.51. The molecule has 0 saturated heterocycles. The van der Waals surface area contributed by atoms with Gasteiger partial charge in [0, 0.05) is 0 Å². The molecule has 1 aromatic carbocycles. The second-order valence-corrected chi connectivity index (χ2v) is 6.05. The molecular weight excluding hydrogens is 775 g/mol. The standard InChI is InChI=1S/C16H21O4.Es.Rf/c1-11(9-16(2,3)4)12-5-7-13(8-6-12)15(19)20-10-14(17)18;;/h5-8,11H,1,9-10H2,2-4H3,(H,17,18);;/q-1;;. The van der Waals surface area contributed by atoms with E-state index in [2.05, 4.69) is 32.4 Å². The van der Waals surface area contributed by atoms with Gasteiger partial charge in [0.15, 0.2) is 6.61 Å². The van der Waals surface area contributed by atoms with Crippen molar-refractivity contribution >= 4 is 11.9 Å². The van der Waals surface area contributed by atoms with Crippen molar-refractivity contribution in [1.82, 2.24) is 0 Å². The van der Waals surface area contributed by atoms with Crippen LogP contribution in [0, 0.1) is 12.3 Å². The van der Waals surface area contributed by atoms with Crippen LogP contribution in [0.2, 0.25) is 0 Å². The van der Waals surface area contributed by atoms with Crippen LogP contribution >= 0.6 is 0 Å². The van der Waals surface area contributed by atoms with Crippen molar-refractivity contribution in [1.29, 1.82) is 0 Å². The topological polar surface area (TPSA) is 63.6 Å². The second-order valence-electron chi connectivity index (χ2n) is 6.05. The monoisotopic (exact) mass is 796 g/mol. The molecule has 1 unspecified atom stereocenters. The van der Waals surface area contributed by atoms with Gasteiger partial charge in [0.05, 0.1) is 5.56 Å². The molecule has 0 heterocycles. The first-order chi connectivity index (χ1) is 9.19. The molecule has 0 aliphatic heterocycles. The van der Waals surface area contributed by atoms with Crippen molar-refractivity contribution in [3.8, 4) is 0 Å². The van der Waals surface area contributed by atoms with E-state index in [1.54, 1.807) is 12.1 Å². The van der Waals surface area contributed by atoms with E-state index >= 15 is 0 Å². The summed E-state index contributed by atoms with van der Waals surface area (Å²) >= 11 is 0. The number of carbonyl (C=O) groups is 2. The SMILES string of the molecule is [CH2-]C(CC(C)(C)C)c1ccc(C(=O)OCC(=O)O)cc1.[Es].[Rf]. The van der Waals surface area contributed by atoms with Gasteiger partial charge in [0.25, 0.3) is 0 Å². The maximum Gasteiger partial charge on any atom is 0.341 e. The normalized spacial score (nSPS) is 11.6. The first kappa shape index (κ1) is 20.5. The fraction of sp³-hybridized carbons (Fsp3) is 0.438. The molecule has 22 heavy (non-hydrogen) atoms. The third-order valence-corrected chi connectivity index (χ3v) is 2.80. The van der Waals surface area contributed by atoms with Crippen LogP contribution < -0.4 is 0 Å². The third-order valence-electron chi connectivity index (χ3n) is 2.80. The van der Waals surface area contributed by atoms with Gasteiger partial charge in [-0.1, -0.05) is 44.9 Å². The quantitative estimate of drug-likeness (QED) is 0.368. The van der Waals surface area contributed by atoms with Crippen LogP contribution in [0.3, 0.4) is 0 Å². The molecule has 1 atom stereocenters. The van der Waals surface area contributed by atoms with Crippen molar-refractivity contribution < 1.29 is 19.4 Å². The predicted octanol–water partition coefficient (Wildman–Crippen LogP) is 3.28. The third kappa shape index (κ3) is 6.36. The molecule has 0 aliphatic carbocycles. The molecule has 123 valence electrons. The minimum absolute atomic E-state index is 0. The van der Waals surface area contributed by atoms with Crippen molar-refractivity contribution in [2.24, 2.45) is 5.41 Å². The van der Waals surface area contributed by atoms with Gasteiger partial charge in [-0.3, -0.25) is 0 Å². The molecule has 1 radical (unpaired) electrons. The summed E-state index contributed by atoms with van der Waals surface area (Å²) in [6, 6.07) is 6.95. The summed E-state index contributed by atoms with van der Waals surface area (Å²) in [5, 5.41) is 8.45. The van der Waals surface area contributed by atoms with E-state index in [-0.39, 0.29) is 11.3 Å². The smallest absolute Gasteiger partial charge is 0.341 e. The Morgan fingerprint density at radius 1 is 1.23 bits per heavy atom. The number of hydrogen-bond donors (Lipinski definition) is 1. The molecule has 0 aliphatic rings. The largest absolute Gasteiger partial charge is 0.479 e. The Morgan fingerprint density at radius 2 is 1.73 bits per heavy atom. The van der Waals surface area contributed by atoms with Crippen LogP contribution in [0.4, 0.5) is 0 Å². The molecule has 0 saturated carbocycles. The van der Waals surface area contributed by atoms with Crippen molar-refractivity contribution in [2.75, 3.05) is 6.61 Å². The average molecular weight is 796 g/mol. The molecule has 0 fully saturated rings. The van der Waals surface area contributed by atoms with Gasteiger partial charge >= 0.3 is 11.9 Å². The molecule has 0 amide bonds. The van der Waals surface area contributed by atoms with Crippen LogP contribution in [0.1, 0.15) is 49.0 Å². The molecule has 0 spiro atoms. The van der Waals surface area contributed by atoms with Crippen molar-refractivity contribution in [3.63, 3.8) is 0 Å². The van der Waals surface area contributed by atoms with Crippen LogP contribution in [-0.4, -0.2) is 23.7 Å². The maximum atomic E-state index is 11.6. The summed E-state index contributed by atoms with van der Waals surface area (Å²) in [7, 11) is 0. The van der Waals surface area contributed by atoms with Crippen molar-refractivity contribution in [3.05, 3.63) is 42.3 Å². The van der Waals surface area contributed by atoms with Gasteiger partial charge in [-0.2, -0.15) is 0 Å². The van der Waals surface area contributed by atoms with Gasteiger partial charge in [-0.05, 0) is 17.5 Å². The van der Waals surface area contributed by atoms with Crippen LogP contribution in [0.25, 0.3) is 0 Å². The fourth-order valence-electron chi connectivity index (χ4n) is 1.96. The van der Waals surface area contributed by atoms with E-state index in [1.807, 2.05) is 12.1 Å². The zero-order valence-electron chi connectivity index (χ0n) is 13.2. The maximum absolute atomic E-state index is 11.6. The van der Waals surface area contributed by atoms with E-state index in [4.69, 9.17) is 5.11 Å². The minimum atomic E-state index is -1.17. The summed E-state index contributed by atoms with van der Waals surface area (Å²) in [4.78, 5) is 21.9. The number of esters is 1. The Hall–Kier alpha value is -3.84. The predicted molar refractivity (Wildman–Crippen MR) is 76.5 cm³/mol. The average Bonchev–Trinajstić information content (AvgIpc) is 2.34. The summed E-state index contributed by atoms with van der Waals surface area (Å²) in [5.74, 6) is -1.65. The van der Waals surface area contributed by atoms with E-state index < -0.39 is 18.5 Å². The van der Waals surface area contributed by atoms with Gasteiger partial charge in [-0.25, -0.2) is 9.59 Å². The molecule has 0 bridgehead atoms. The molecule has 4 nitrogen and oxygen atoms in total. The number of benzene rings is 1. The molecular formula is C16H21EsO4Rf-. The first-order valence-electron chi connectivity index (χ1n) is 6.51. The summed E-state index contributed by atoms with van der Waals surface area (Å²) in [5.41, 5.74) is 1.58. The minimum Gasteiger partial charge on any atom is -0.479 e. The second kappa shape index (κ2) is 7.68. The number of carbonyl (C=O) groups excluding carboxylic acids is 1. The molecule has 1 aromatic rings. The zero-order valence-corrected chi connectivity index (χ0v) is 22.1. The van der Waals surface area contributed by atoms with E-state index in [1.165, 1.54) is 0 Å². The molecule has 1 rings (SSSR count). The van der Waals surface area contributed by atoms with Crippen molar-refractivity contribution in [2.45, 2.75) is 33.1 Å². The van der Waals surface area contributed by atoms with Gasteiger partial charge < -0.3 is 16.8 Å². The Labute approximate surface area is 119 Å². The van der Waals surface area contributed by atoms with Gasteiger partial charge in [0.2, 0.25) is 0 Å². The summed E-state index contributed by atoms with van der Waals surface area (Å²) in [6.07, 6.45) is 0.940. The number of carboxylic acids is 1. The van der Waals surface area contributed by atoms with Crippen LogP contribution in [-0.2, 0) is 9.53 Å². The molecule has 6 heteroatoms. The zero-order chi connectivity index (χ0) is 15.3. The molecule has 1 N–H and O–H groups in total. The van der Waals surface area contributed by atoms with E-state index in [9.17, 15) is 9.59 Å². The Morgan fingerprint density at radius 3 is 2.14 bits per heavy atom. The number of carboxylic acid groups (broad SMARTS) is 1. The summed E-state index contributed by atoms with van der Waals surface area (Å²) in [6.45, 7) is 9.98. The van der Waals surface area contributed by atoms with Crippen LogP contribution in [0.15, 0.2) is 24.3 Å². The number of aliphatic carboxylic acids is 1. The van der Waals surface area contributed by atoms with E-state index in [0.29, 0.717) is 5.56 Å². The Bertz CT molecular complexity index is 480. The van der Waals surface area contributed by atoms with Crippen LogP contribution in [0.5, 0.6) is 0 Å².